The number of pyridine rings is 1. The largest absolute Gasteiger partial charge is 0.472 e. The topological polar surface area (TPSA) is 69.2 Å². The average Bonchev–Trinajstić information content (AvgIpc) is 3.16. The average molecular weight is 334 g/mol. The Hall–Kier alpha value is -1.73. The van der Waals surface area contributed by atoms with E-state index in [0.717, 1.165) is 28.7 Å². The monoisotopic (exact) mass is 334 g/mol. The predicted octanol–water partition coefficient (Wildman–Crippen LogP) is 3.01. The summed E-state index contributed by atoms with van der Waals surface area (Å²) in [6.07, 6.45) is 2.80. The maximum atomic E-state index is 5.83. The summed E-state index contributed by atoms with van der Waals surface area (Å²) in [4.78, 5) is 4.26. The molecule has 23 heavy (non-hydrogen) atoms. The highest BCUT2D eigenvalue weighted by Gasteiger charge is 2.19. The molecule has 0 saturated carbocycles. The van der Waals surface area contributed by atoms with Gasteiger partial charge in [0.2, 0.25) is 11.0 Å². The van der Waals surface area contributed by atoms with E-state index >= 15 is 0 Å². The summed E-state index contributed by atoms with van der Waals surface area (Å²) in [6.45, 7) is 8.48. The minimum absolute atomic E-state index is 0.0264. The smallest absolute Gasteiger partial charge is 0.213 e. The molecule has 0 aromatic carbocycles. The van der Waals surface area contributed by atoms with Gasteiger partial charge in [-0.2, -0.15) is 0 Å². The van der Waals surface area contributed by atoms with E-state index in [9.17, 15) is 0 Å². The lowest BCUT2D eigenvalue weighted by Gasteiger charge is -2.12. The van der Waals surface area contributed by atoms with E-state index in [1.807, 2.05) is 12.1 Å². The lowest BCUT2D eigenvalue weighted by molar-refractivity contribution is 0.138. The van der Waals surface area contributed by atoms with Crippen molar-refractivity contribution >= 4 is 16.5 Å². The first-order chi connectivity index (χ1) is 11.0. The van der Waals surface area contributed by atoms with Gasteiger partial charge in [0.1, 0.15) is 11.1 Å². The summed E-state index contributed by atoms with van der Waals surface area (Å²) >= 11 is 1.59. The Balaban J connectivity index is 1.58. The maximum absolute atomic E-state index is 5.83. The molecule has 2 aromatic rings. The van der Waals surface area contributed by atoms with Crippen LogP contribution in [0.3, 0.4) is 0 Å². The molecule has 124 valence electrons. The van der Waals surface area contributed by atoms with Gasteiger partial charge in [-0.1, -0.05) is 32.1 Å². The second-order valence-corrected chi connectivity index (χ2v) is 7.60. The number of anilines is 1. The molecule has 1 aliphatic heterocycles. The summed E-state index contributed by atoms with van der Waals surface area (Å²) in [5.74, 6) is 0.646. The highest BCUT2D eigenvalue weighted by atomic mass is 32.1. The van der Waals surface area contributed by atoms with Gasteiger partial charge < -0.3 is 14.8 Å². The Labute approximate surface area is 140 Å². The predicted molar refractivity (Wildman–Crippen MR) is 90.0 cm³/mol. The Morgan fingerprint density at radius 2 is 2.26 bits per heavy atom. The number of hydrogen-bond donors (Lipinski definition) is 1. The van der Waals surface area contributed by atoms with Gasteiger partial charge in [0.15, 0.2) is 0 Å². The third-order valence-corrected chi connectivity index (χ3v) is 4.79. The number of aromatic nitrogens is 3. The molecular formula is C16H22N4O2S. The third-order valence-electron chi connectivity index (χ3n) is 3.48. The van der Waals surface area contributed by atoms with Crippen LogP contribution in [-0.4, -0.2) is 34.5 Å². The van der Waals surface area contributed by atoms with E-state index in [0.29, 0.717) is 19.0 Å². The molecule has 0 bridgehead atoms. The van der Waals surface area contributed by atoms with Gasteiger partial charge in [0, 0.05) is 30.6 Å². The van der Waals surface area contributed by atoms with E-state index in [-0.39, 0.29) is 11.5 Å². The Morgan fingerprint density at radius 1 is 1.39 bits per heavy atom. The van der Waals surface area contributed by atoms with Crippen molar-refractivity contribution < 1.29 is 9.47 Å². The van der Waals surface area contributed by atoms with Gasteiger partial charge in [-0.15, -0.1) is 10.2 Å². The fourth-order valence-electron chi connectivity index (χ4n) is 2.18. The number of rotatable bonds is 5. The van der Waals surface area contributed by atoms with Crippen LogP contribution in [0.15, 0.2) is 18.3 Å². The van der Waals surface area contributed by atoms with Crippen molar-refractivity contribution in [3.8, 4) is 5.88 Å². The second kappa shape index (κ2) is 6.80. The minimum Gasteiger partial charge on any atom is -0.472 e. The first kappa shape index (κ1) is 16.1. The van der Waals surface area contributed by atoms with Crippen LogP contribution >= 0.6 is 11.3 Å². The van der Waals surface area contributed by atoms with E-state index in [2.05, 4.69) is 41.3 Å². The first-order valence-electron chi connectivity index (χ1n) is 7.78. The minimum atomic E-state index is 0.0264. The molecule has 3 heterocycles. The van der Waals surface area contributed by atoms with E-state index in [4.69, 9.17) is 9.47 Å². The molecule has 1 fully saturated rings. The van der Waals surface area contributed by atoms with Crippen molar-refractivity contribution in [2.45, 2.75) is 45.3 Å². The van der Waals surface area contributed by atoms with Crippen molar-refractivity contribution in [3.63, 3.8) is 0 Å². The van der Waals surface area contributed by atoms with E-state index < -0.39 is 0 Å². The van der Waals surface area contributed by atoms with Crippen LogP contribution in [0.5, 0.6) is 5.88 Å². The van der Waals surface area contributed by atoms with Gasteiger partial charge >= 0.3 is 0 Å². The quantitative estimate of drug-likeness (QED) is 0.906. The molecule has 6 nitrogen and oxygen atoms in total. The Kier molecular flexibility index (Phi) is 4.77. The van der Waals surface area contributed by atoms with Crippen LogP contribution in [0.1, 0.15) is 37.8 Å². The number of hydrogen-bond acceptors (Lipinski definition) is 7. The van der Waals surface area contributed by atoms with Crippen LogP contribution in [0.4, 0.5) is 5.13 Å². The maximum Gasteiger partial charge on any atom is 0.213 e. The van der Waals surface area contributed by atoms with Crippen LogP contribution in [0, 0.1) is 0 Å². The van der Waals surface area contributed by atoms with Gasteiger partial charge in [0.05, 0.1) is 13.2 Å². The van der Waals surface area contributed by atoms with Crippen LogP contribution in [0.2, 0.25) is 0 Å². The SMILES string of the molecule is CC(C)(C)c1nnc(NCc2ccnc(OC3CCOC3)c2)s1. The molecule has 2 aromatic heterocycles. The fraction of sp³-hybridized carbons (Fsp3) is 0.562. The van der Waals surface area contributed by atoms with Crippen molar-refractivity contribution in [1.29, 1.82) is 0 Å². The zero-order chi connectivity index (χ0) is 16.3. The highest BCUT2D eigenvalue weighted by Crippen LogP contribution is 2.28. The zero-order valence-electron chi connectivity index (χ0n) is 13.7. The standard InChI is InChI=1S/C16H22N4O2S/c1-16(2,3)14-19-20-15(23-14)18-9-11-4-6-17-13(8-11)22-12-5-7-21-10-12/h4,6,8,12H,5,7,9-10H2,1-3H3,(H,18,20). The molecule has 1 N–H and O–H groups in total. The molecule has 0 spiro atoms. The Bertz CT molecular complexity index is 648. The van der Waals surface area contributed by atoms with E-state index in [1.54, 1.807) is 17.5 Å². The number of nitrogens with one attached hydrogen (secondary N) is 1. The summed E-state index contributed by atoms with van der Waals surface area (Å²) in [5, 5.41) is 13.6. The van der Waals surface area contributed by atoms with Gasteiger partial charge in [-0.25, -0.2) is 4.98 Å². The number of ether oxygens (including phenoxy) is 2. The molecule has 1 unspecified atom stereocenters. The normalized spacial score (nSPS) is 18.1. The molecule has 7 heteroatoms. The summed E-state index contributed by atoms with van der Waals surface area (Å²) in [5.41, 5.74) is 1.12. The molecule has 0 amide bonds. The van der Waals surface area contributed by atoms with Gasteiger partial charge in [-0.3, -0.25) is 0 Å². The molecule has 1 aliphatic rings. The van der Waals surface area contributed by atoms with Gasteiger partial charge in [0.25, 0.3) is 0 Å². The fourth-order valence-corrected chi connectivity index (χ4v) is 2.97. The molecular weight excluding hydrogens is 312 g/mol. The van der Waals surface area contributed by atoms with Crippen molar-refractivity contribution in [1.82, 2.24) is 15.2 Å². The molecule has 1 saturated heterocycles. The summed E-state index contributed by atoms with van der Waals surface area (Å²) in [7, 11) is 0. The van der Waals surface area contributed by atoms with E-state index in [1.165, 1.54) is 0 Å². The molecule has 3 rings (SSSR count). The highest BCUT2D eigenvalue weighted by molar-refractivity contribution is 7.15. The van der Waals surface area contributed by atoms with Crippen LogP contribution < -0.4 is 10.1 Å². The van der Waals surface area contributed by atoms with Crippen molar-refractivity contribution in [2.24, 2.45) is 0 Å². The summed E-state index contributed by atoms with van der Waals surface area (Å²) in [6, 6.07) is 3.92. The second-order valence-electron chi connectivity index (χ2n) is 6.62. The molecule has 0 radical (unpaired) electrons. The van der Waals surface area contributed by atoms with Gasteiger partial charge in [-0.05, 0) is 11.6 Å². The first-order valence-corrected chi connectivity index (χ1v) is 8.59. The number of nitrogens with zero attached hydrogens (tertiary/aromatic N) is 3. The molecule has 0 aliphatic carbocycles. The lowest BCUT2D eigenvalue weighted by atomic mass is 9.98. The van der Waals surface area contributed by atoms with Crippen LogP contribution in [-0.2, 0) is 16.7 Å². The Morgan fingerprint density at radius 3 is 2.96 bits per heavy atom. The molecule has 1 atom stereocenters. The van der Waals surface area contributed by atoms with Crippen molar-refractivity contribution in [2.75, 3.05) is 18.5 Å². The van der Waals surface area contributed by atoms with Crippen molar-refractivity contribution in [3.05, 3.63) is 28.9 Å². The summed E-state index contributed by atoms with van der Waals surface area (Å²) < 4.78 is 11.1. The lowest BCUT2D eigenvalue weighted by Crippen LogP contribution is -2.16. The van der Waals surface area contributed by atoms with Crippen LogP contribution in [0.25, 0.3) is 0 Å². The zero-order valence-corrected chi connectivity index (χ0v) is 14.5. The third kappa shape index (κ3) is 4.39.